The summed E-state index contributed by atoms with van der Waals surface area (Å²) in [4.78, 5) is 44.3. The minimum atomic E-state index is -0.120. The number of thiazole rings is 1. The Morgan fingerprint density at radius 2 is 1.59 bits per heavy atom. The first-order valence-corrected chi connectivity index (χ1v) is 9.57. The van der Waals surface area contributed by atoms with Crippen molar-refractivity contribution in [2.75, 3.05) is 31.5 Å². The van der Waals surface area contributed by atoms with Crippen molar-refractivity contribution in [2.45, 2.75) is 20.8 Å². The third kappa shape index (κ3) is 4.33. The average molecular weight is 386 g/mol. The number of carbonyl (C=O) groups excluding carboxylic acids is 3. The Morgan fingerprint density at radius 1 is 1.00 bits per heavy atom. The maximum absolute atomic E-state index is 12.8. The van der Waals surface area contributed by atoms with Gasteiger partial charge in [0.25, 0.3) is 5.91 Å². The van der Waals surface area contributed by atoms with Crippen LogP contribution < -0.4 is 5.32 Å². The quantitative estimate of drug-likeness (QED) is 0.878. The van der Waals surface area contributed by atoms with E-state index in [9.17, 15) is 14.4 Å². The maximum Gasteiger partial charge on any atom is 0.273 e. The SMILES string of the molecule is CC(=O)Nc1ccc(-c2nc(C(=O)N3CCN(C(C)=O)CC3)c(C)s2)cc1. The lowest BCUT2D eigenvalue weighted by atomic mass is 10.2. The molecule has 142 valence electrons. The van der Waals surface area contributed by atoms with E-state index >= 15 is 0 Å². The molecule has 8 heteroatoms. The number of piperazine rings is 1. The van der Waals surface area contributed by atoms with Crippen molar-refractivity contribution in [1.29, 1.82) is 0 Å². The number of aromatic nitrogens is 1. The molecule has 1 saturated heterocycles. The lowest BCUT2D eigenvalue weighted by Gasteiger charge is -2.33. The predicted molar refractivity (Wildman–Crippen MR) is 105 cm³/mol. The molecule has 2 aromatic rings. The lowest BCUT2D eigenvalue weighted by Crippen LogP contribution is -2.50. The second-order valence-corrected chi connectivity index (χ2v) is 7.68. The molecule has 1 aliphatic rings. The van der Waals surface area contributed by atoms with Gasteiger partial charge in [-0.05, 0) is 31.2 Å². The molecule has 1 aliphatic heterocycles. The van der Waals surface area contributed by atoms with E-state index in [1.54, 1.807) is 16.7 Å². The van der Waals surface area contributed by atoms with Crippen molar-refractivity contribution in [3.63, 3.8) is 0 Å². The number of hydrogen-bond acceptors (Lipinski definition) is 5. The summed E-state index contributed by atoms with van der Waals surface area (Å²) in [5.41, 5.74) is 2.09. The molecule has 3 amide bonds. The molecule has 0 unspecified atom stereocenters. The first-order valence-electron chi connectivity index (χ1n) is 8.75. The monoisotopic (exact) mass is 386 g/mol. The van der Waals surface area contributed by atoms with Crippen molar-refractivity contribution >= 4 is 34.7 Å². The van der Waals surface area contributed by atoms with Crippen LogP contribution in [0.25, 0.3) is 10.6 Å². The number of benzene rings is 1. The Morgan fingerprint density at radius 3 is 2.15 bits per heavy atom. The van der Waals surface area contributed by atoms with Crippen LogP contribution >= 0.6 is 11.3 Å². The van der Waals surface area contributed by atoms with Gasteiger partial charge in [-0.2, -0.15) is 0 Å². The van der Waals surface area contributed by atoms with Crippen LogP contribution in [0.5, 0.6) is 0 Å². The highest BCUT2D eigenvalue weighted by molar-refractivity contribution is 7.15. The van der Waals surface area contributed by atoms with Crippen molar-refractivity contribution in [1.82, 2.24) is 14.8 Å². The maximum atomic E-state index is 12.8. The second kappa shape index (κ2) is 7.87. The molecule has 0 atom stereocenters. The van der Waals surface area contributed by atoms with E-state index in [0.717, 1.165) is 21.1 Å². The molecule has 1 aromatic carbocycles. The Hall–Kier alpha value is -2.74. The molecule has 1 aromatic heterocycles. The van der Waals surface area contributed by atoms with Gasteiger partial charge < -0.3 is 15.1 Å². The summed E-state index contributed by atoms with van der Waals surface area (Å²) in [5.74, 6) is -0.171. The van der Waals surface area contributed by atoms with Crippen LogP contribution in [0.15, 0.2) is 24.3 Å². The summed E-state index contributed by atoms with van der Waals surface area (Å²) in [5, 5.41) is 3.50. The summed E-state index contributed by atoms with van der Waals surface area (Å²) in [6, 6.07) is 7.39. The average Bonchev–Trinajstić information content (AvgIpc) is 3.03. The number of hydrogen-bond donors (Lipinski definition) is 1. The minimum Gasteiger partial charge on any atom is -0.339 e. The van der Waals surface area contributed by atoms with Crippen molar-refractivity contribution < 1.29 is 14.4 Å². The summed E-state index contributed by atoms with van der Waals surface area (Å²) in [6.45, 7) is 7.07. The number of carbonyl (C=O) groups is 3. The number of aryl methyl sites for hydroxylation is 1. The summed E-state index contributed by atoms with van der Waals surface area (Å²) >= 11 is 1.47. The fourth-order valence-electron chi connectivity index (χ4n) is 2.99. The molecule has 7 nitrogen and oxygen atoms in total. The summed E-state index contributed by atoms with van der Waals surface area (Å²) < 4.78 is 0. The number of rotatable bonds is 3. The van der Waals surface area contributed by atoms with Gasteiger partial charge in [0, 0.05) is 56.2 Å². The predicted octanol–water partition coefficient (Wildman–Crippen LogP) is 2.38. The number of amides is 3. The highest BCUT2D eigenvalue weighted by Gasteiger charge is 2.26. The topological polar surface area (TPSA) is 82.6 Å². The van der Waals surface area contributed by atoms with Gasteiger partial charge in [-0.25, -0.2) is 4.98 Å². The van der Waals surface area contributed by atoms with Gasteiger partial charge in [0.1, 0.15) is 10.7 Å². The van der Waals surface area contributed by atoms with Crippen molar-refractivity contribution in [2.24, 2.45) is 0 Å². The molecule has 0 bridgehead atoms. The summed E-state index contributed by atoms with van der Waals surface area (Å²) in [7, 11) is 0. The van der Waals surface area contributed by atoms with E-state index in [2.05, 4.69) is 10.3 Å². The van der Waals surface area contributed by atoms with E-state index in [4.69, 9.17) is 0 Å². The van der Waals surface area contributed by atoms with Gasteiger partial charge in [-0.3, -0.25) is 14.4 Å². The Kier molecular flexibility index (Phi) is 5.55. The van der Waals surface area contributed by atoms with E-state index < -0.39 is 0 Å². The zero-order valence-electron chi connectivity index (χ0n) is 15.6. The van der Waals surface area contributed by atoms with Gasteiger partial charge in [0.15, 0.2) is 0 Å². The molecule has 1 fully saturated rings. The lowest BCUT2D eigenvalue weighted by molar-refractivity contribution is -0.130. The van der Waals surface area contributed by atoms with Crippen molar-refractivity contribution in [3.05, 3.63) is 34.8 Å². The van der Waals surface area contributed by atoms with Crippen molar-refractivity contribution in [3.8, 4) is 10.6 Å². The van der Waals surface area contributed by atoms with Gasteiger partial charge in [0.2, 0.25) is 11.8 Å². The van der Waals surface area contributed by atoms with Gasteiger partial charge in [0.05, 0.1) is 0 Å². The fourth-order valence-corrected chi connectivity index (χ4v) is 3.90. The molecule has 3 rings (SSSR count). The first-order chi connectivity index (χ1) is 12.8. The van der Waals surface area contributed by atoms with E-state index in [0.29, 0.717) is 31.9 Å². The molecule has 0 radical (unpaired) electrons. The van der Waals surface area contributed by atoms with Gasteiger partial charge in [-0.1, -0.05) is 0 Å². The van der Waals surface area contributed by atoms with Gasteiger partial charge in [-0.15, -0.1) is 11.3 Å². The first kappa shape index (κ1) is 19.0. The van der Waals surface area contributed by atoms with Gasteiger partial charge >= 0.3 is 0 Å². The Balaban J connectivity index is 1.73. The van der Waals surface area contributed by atoms with Crippen LogP contribution in [-0.2, 0) is 9.59 Å². The second-order valence-electron chi connectivity index (χ2n) is 6.48. The van der Waals surface area contributed by atoms with Crippen LogP contribution in [0.4, 0.5) is 5.69 Å². The van der Waals surface area contributed by atoms with Crippen LogP contribution in [-0.4, -0.2) is 58.7 Å². The highest BCUT2D eigenvalue weighted by Crippen LogP contribution is 2.29. The highest BCUT2D eigenvalue weighted by atomic mass is 32.1. The van der Waals surface area contributed by atoms with Crippen LogP contribution in [0.2, 0.25) is 0 Å². The Labute approximate surface area is 162 Å². The van der Waals surface area contributed by atoms with Crippen LogP contribution in [0.1, 0.15) is 29.2 Å². The standard InChI is InChI=1S/C19H22N4O3S/c1-12-17(19(26)23-10-8-22(9-11-23)14(3)25)21-18(27-12)15-4-6-16(7-5-15)20-13(2)24/h4-7H,8-11H2,1-3H3,(H,20,24). The Bertz CT molecular complexity index is 868. The third-order valence-corrected chi connectivity index (χ3v) is 5.48. The normalized spacial score (nSPS) is 14.2. The summed E-state index contributed by atoms with van der Waals surface area (Å²) in [6.07, 6.45) is 0. The van der Waals surface area contributed by atoms with Crippen LogP contribution in [0.3, 0.4) is 0 Å². The molecule has 0 spiro atoms. The fraction of sp³-hybridized carbons (Fsp3) is 0.368. The molecule has 2 heterocycles. The number of anilines is 1. The van der Waals surface area contributed by atoms with E-state index in [1.165, 1.54) is 18.3 Å². The molecular weight excluding hydrogens is 364 g/mol. The largest absolute Gasteiger partial charge is 0.339 e. The zero-order chi connectivity index (χ0) is 19.6. The smallest absolute Gasteiger partial charge is 0.273 e. The van der Waals surface area contributed by atoms with E-state index in [1.807, 2.05) is 31.2 Å². The zero-order valence-corrected chi connectivity index (χ0v) is 16.4. The number of nitrogens with zero attached hydrogens (tertiary/aromatic N) is 3. The van der Waals surface area contributed by atoms with Crippen LogP contribution in [0, 0.1) is 6.92 Å². The minimum absolute atomic E-state index is 0.0388. The molecular formula is C19H22N4O3S. The molecule has 1 N–H and O–H groups in total. The van der Waals surface area contributed by atoms with E-state index in [-0.39, 0.29) is 17.7 Å². The third-order valence-electron chi connectivity index (χ3n) is 4.46. The molecule has 0 saturated carbocycles. The molecule has 27 heavy (non-hydrogen) atoms. The molecule has 0 aliphatic carbocycles. The number of nitrogens with one attached hydrogen (secondary N) is 1.